The molecule has 18 heavy (non-hydrogen) atoms. The molecule has 1 heterocycles. The molecule has 1 saturated heterocycles. The van der Waals surface area contributed by atoms with E-state index in [1.165, 1.54) is 51.9 Å². The standard InChI is InChI=1S/C16H34N2/c1-15(2,3)9-6-10-18-13-16(4,5)14-7-11-17-12-8-14/h14,17-18H,6-13H2,1-5H3. The average molecular weight is 254 g/mol. The molecule has 2 heteroatoms. The summed E-state index contributed by atoms with van der Waals surface area (Å²) < 4.78 is 0. The Morgan fingerprint density at radius 2 is 1.67 bits per heavy atom. The Balaban J connectivity index is 2.16. The van der Waals surface area contributed by atoms with Gasteiger partial charge in [-0.1, -0.05) is 34.6 Å². The smallest absolute Gasteiger partial charge is 0.000518 e. The fraction of sp³-hybridized carbons (Fsp3) is 1.00. The molecule has 1 aliphatic rings. The van der Waals surface area contributed by atoms with E-state index in [0.29, 0.717) is 10.8 Å². The van der Waals surface area contributed by atoms with Crippen molar-refractivity contribution in [2.45, 2.75) is 60.3 Å². The Hall–Kier alpha value is -0.0800. The molecule has 0 aromatic carbocycles. The first-order valence-electron chi connectivity index (χ1n) is 7.73. The van der Waals surface area contributed by atoms with Crippen LogP contribution in [0.3, 0.4) is 0 Å². The van der Waals surface area contributed by atoms with Crippen molar-refractivity contribution in [1.29, 1.82) is 0 Å². The maximum atomic E-state index is 3.68. The van der Waals surface area contributed by atoms with Crippen LogP contribution in [0.1, 0.15) is 60.3 Å². The van der Waals surface area contributed by atoms with Gasteiger partial charge < -0.3 is 10.6 Å². The molecule has 0 aromatic rings. The highest BCUT2D eigenvalue weighted by Gasteiger charge is 2.29. The van der Waals surface area contributed by atoms with E-state index in [1.807, 2.05) is 0 Å². The van der Waals surface area contributed by atoms with E-state index in [1.54, 1.807) is 0 Å². The van der Waals surface area contributed by atoms with Crippen LogP contribution in [0.15, 0.2) is 0 Å². The van der Waals surface area contributed by atoms with Crippen molar-refractivity contribution in [3.05, 3.63) is 0 Å². The quantitative estimate of drug-likeness (QED) is 0.710. The monoisotopic (exact) mass is 254 g/mol. The Morgan fingerprint density at radius 3 is 2.22 bits per heavy atom. The highest BCUT2D eigenvalue weighted by molar-refractivity contribution is 4.84. The number of rotatable bonds is 6. The summed E-state index contributed by atoms with van der Waals surface area (Å²) in [6.07, 6.45) is 5.30. The van der Waals surface area contributed by atoms with Crippen molar-refractivity contribution in [1.82, 2.24) is 10.6 Å². The third kappa shape index (κ3) is 6.19. The molecule has 2 N–H and O–H groups in total. The lowest BCUT2D eigenvalue weighted by Crippen LogP contribution is -2.41. The molecule has 0 aromatic heterocycles. The summed E-state index contributed by atoms with van der Waals surface area (Å²) in [6, 6.07) is 0. The molecule has 0 unspecified atom stereocenters. The van der Waals surface area contributed by atoms with Gasteiger partial charge in [-0.05, 0) is 62.1 Å². The van der Waals surface area contributed by atoms with E-state index < -0.39 is 0 Å². The Kier molecular flexibility index (Phi) is 6.13. The Morgan fingerprint density at radius 1 is 1.06 bits per heavy atom. The van der Waals surface area contributed by atoms with E-state index in [4.69, 9.17) is 0 Å². The summed E-state index contributed by atoms with van der Waals surface area (Å²) in [5.74, 6) is 0.883. The number of piperidine rings is 1. The molecule has 0 spiro atoms. The van der Waals surface area contributed by atoms with Gasteiger partial charge in [-0.25, -0.2) is 0 Å². The molecule has 0 amide bonds. The van der Waals surface area contributed by atoms with Crippen LogP contribution in [0.4, 0.5) is 0 Å². The maximum Gasteiger partial charge on any atom is 0.000518 e. The summed E-state index contributed by atoms with van der Waals surface area (Å²) in [6.45, 7) is 16.6. The SMILES string of the molecule is CC(C)(C)CCCNCC(C)(C)C1CCNCC1. The Labute approximate surface area is 114 Å². The average Bonchev–Trinajstić information content (AvgIpc) is 2.28. The van der Waals surface area contributed by atoms with Gasteiger partial charge in [0.25, 0.3) is 0 Å². The normalized spacial score (nSPS) is 19.2. The molecule has 1 aliphatic heterocycles. The zero-order valence-corrected chi connectivity index (χ0v) is 13.2. The molecule has 0 bridgehead atoms. The molecular formula is C16H34N2. The summed E-state index contributed by atoms with van der Waals surface area (Å²) in [5, 5.41) is 7.13. The number of hydrogen-bond donors (Lipinski definition) is 2. The van der Waals surface area contributed by atoms with Crippen LogP contribution in [-0.2, 0) is 0 Å². The molecule has 0 saturated carbocycles. The van der Waals surface area contributed by atoms with Gasteiger partial charge >= 0.3 is 0 Å². The molecular weight excluding hydrogens is 220 g/mol. The summed E-state index contributed by atoms with van der Waals surface area (Å²) in [5.41, 5.74) is 0.927. The second-order valence-electron chi connectivity index (χ2n) is 7.85. The third-order valence-corrected chi connectivity index (χ3v) is 4.31. The fourth-order valence-electron chi connectivity index (χ4n) is 2.90. The van der Waals surface area contributed by atoms with Crippen LogP contribution < -0.4 is 10.6 Å². The van der Waals surface area contributed by atoms with Crippen LogP contribution in [0.5, 0.6) is 0 Å². The lowest BCUT2D eigenvalue weighted by Gasteiger charge is -2.37. The number of nitrogens with one attached hydrogen (secondary N) is 2. The van der Waals surface area contributed by atoms with Crippen LogP contribution in [0, 0.1) is 16.7 Å². The van der Waals surface area contributed by atoms with Gasteiger partial charge in [0.2, 0.25) is 0 Å². The van der Waals surface area contributed by atoms with Crippen LogP contribution in [0.2, 0.25) is 0 Å². The van der Waals surface area contributed by atoms with Crippen molar-refractivity contribution < 1.29 is 0 Å². The molecule has 0 aliphatic carbocycles. The first kappa shape index (κ1) is 16.0. The highest BCUT2D eigenvalue weighted by atomic mass is 14.9. The maximum absolute atomic E-state index is 3.68. The van der Waals surface area contributed by atoms with Gasteiger partial charge in [-0.15, -0.1) is 0 Å². The van der Waals surface area contributed by atoms with Crippen LogP contribution in [0.25, 0.3) is 0 Å². The van der Waals surface area contributed by atoms with Gasteiger partial charge in [-0.2, -0.15) is 0 Å². The van der Waals surface area contributed by atoms with Gasteiger partial charge in [0.1, 0.15) is 0 Å². The van der Waals surface area contributed by atoms with E-state index >= 15 is 0 Å². The first-order valence-corrected chi connectivity index (χ1v) is 7.73. The fourth-order valence-corrected chi connectivity index (χ4v) is 2.90. The second kappa shape index (κ2) is 6.91. The van der Waals surface area contributed by atoms with Crippen molar-refractivity contribution in [3.63, 3.8) is 0 Å². The largest absolute Gasteiger partial charge is 0.317 e. The molecule has 108 valence electrons. The molecule has 0 radical (unpaired) electrons. The van der Waals surface area contributed by atoms with Gasteiger partial charge in [0.05, 0.1) is 0 Å². The molecule has 2 nitrogen and oxygen atoms in total. The van der Waals surface area contributed by atoms with E-state index in [0.717, 1.165) is 5.92 Å². The van der Waals surface area contributed by atoms with Gasteiger partial charge in [0, 0.05) is 6.54 Å². The van der Waals surface area contributed by atoms with Crippen molar-refractivity contribution >= 4 is 0 Å². The number of hydrogen-bond acceptors (Lipinski definition) is 2. The predicted octanol–water partition coefficient (Wildman–Crippen LogP) is 3.43. The zero-order chi connectivity index (χ0) is 13.6. The lowest BCUT2D eigenvalue weighted by atomic mass is 9.74. The topological polar surface area (TPSA) is 24.1 Å². The lowest BCUT2D eigenvalue weighted by molar-refractivity contribution is 0.161. The van der Waals surface area contributed by atoms with E-state index in [-0.39, 0.29) is 0 Å². The minimum atomic E-state index is 0.448. The molecule has 1 rings (SSSR count). The van der Waals surface area contributed by atoms with Crippen molar-refractivity contribution in [3.8, 4) is 0 Å². The van der Waals surface area contributed by atoms with Crippen LogP contribution in [-0.4, -0.2) is 26.2 Å². The highest BCUT2D eigenvalue weighted by Crippen LogP contribution is 2.32. The van der Waals surface area contributed by atoms with Gasteiger partial charge in [0.15, 0.2) is 0 Å². The summed E-state index contributed by atoms with van der Waals surface area (Å²) in [7, 11) is 0. The minimum absolute atomic E-state index is 0.448. The summed E-state index contributed by atoms with van der Waals surface area (Å²) >= 11 is 0. The minimum Gasteiger partial charge on any atom is -0.317 e. The third-order valence-electron chi connectivity index (χ3n) is 4.31. The first-order chi connectivity index (χ1) is 8.31. The summed E-state index contributed by atoms with van der Waals surface area (Å²) in [4.78, 5) is 0. The van der Waals surface area contributed by atoms with Crippen molar-refractivity contribution in [2.24, 2.45) is 16.7 Å². The predicted molar refractivity (Wildman–Crippen MR) is 80.9 cm³/mol. The molecule has 0 atom stereocenters. The Bertz CT molecular complexity index is 222. The second-order valence-corrected chi connectivity index (χ2v) is 7.85. The van der Waals surface area contributed by atoms with Crippen molar-refractivity contribution in [2.75, 3.05) is 26.2 Å². The zero-order valence-electron chi connectivity index (χ0n) is 13.2. The van der Waals surface area contributed by atoms with Crippen LogP contribution >= 0.6 is 0 Å². The van der Waals surface area contributed by atoms with Gasteiger partial charge in [-0.3, -0.25) is 0 Å². The van der Waals surface area contributed by atoms with E-state index in [9.17, 15) is 0 Å². The molecule has 1 fully saturated rings. The van der Waals surface area contributed by atoms with E-state index in [2.05, 4.69) is 45.3 Å².